The lowest BCUT2D eigenvalue weighted by Gasteiger charge is -2.06. The van der Waals surface area contributed by atoms with E-state index in [0.717, 1.165) is 10.2 Å². The first-order chi connectivity index (χ1) is 7.20. The van der Waals surface area contributed by atoms with Crippen LogP contribution in [0.1, 0.15) is 0 Å². The third kappa shape index (κ3) is 2.06. The monoisotopic (exact) mass is 327 g/mol. The van der Waals surface area contributed by atoms with Crippen LogP contribution in [0.3, 0.4) is 0 Å². The smallest absolute Gasteiger partial charge is 0.139 e. The first kappa shape index (κ1) is 10.6. The average molecular weight is 329 g/mol. The average Bonchev–Trinajstić information content (AvgIpc) is 2.23. The van der Waals surface area contributed by atoms with Gasteiger partial charge in [-0.2, -0.15) is 0 Å². The minimum atomic E-state index is 0.205. The van der Waals surface area contributed by atoms with Crippen molar-refractivity contribution >= 4 is 31.9 Å². The van der Waals surface area contributed by atoms with Crippen molar-refractivity contribution in [2.45, 2.75) is 0 Å². The molecule has 76 valence electrons. The number of aromatic hydroxyl groups is 1. The van der Waals surface area contributed by atoms with Gasteiger partial charge in [0.05, 0.1) is 10.2 Å². The zero-order chi connectivity index (χ0) is 10.8. The highest BCUT2D eigenvalue weighted by atomic mass is 79.9. The number of pyridine rings is 1. The van der Waals surface area contributed by atoms with Gasteiger partial charge in [-0.3, -0.25) is 4.98 Å². The van der Waals surface area contributed by atoms with Crippen molar-refractivity contribution in [3.8, 4) is 17.0 Å². The van der Waals surface area contributed by atoms with Crippen LogP contribution < -0.4 is 0 Å². The van der Waals surface area contributed by atoms with Crippen LogP contribution in [0.15, 0.2) is 45.5 Å². The van der Waals surface area contributed by atoms with Crippen LogP contribution in [0, 0.1) is 0 Å². The standard InChI is InChI=1S/C11H7Br2NO/c12-8-5-2-6-14-10(8)7-3-1-4-9(13)11(7)15/h1-6,15H. The molecule has 2 rings (SSSR count). The van der Waals surface area contributed by atoms with E-state index in [1.54, 1.807) is 12.3 Å². The Bertz CT molecular complexity index is 500. The molecule has 0 saturated carbocycles. The zero-order valence-corrected chi connectivity index (χ0v) is 10.8. The van der Waals surface area contributed by atoms with Crippen molar-refractivity contribution in [2.24, 2.45) is 0 Å². The number of rotatable bonds is 1. The van der Waals surface area contributed by atoms with Gasteiger partial charge in [-0.1, -0.05) is 6.07 Å². The zero-order valence-electron chi connectivity index (χ0n) is 7.61. The van der Waals surface area contributed by atoms with Crippen molar-refractivity contribution in [1.82, 2.24) is 4.98 Å². The van der Waals surface area contributed by atoms with Crippen molar-refractivity contribution in [3.63, 3.8) is 0 Å². The molecule has 0 fully saturated rings. The molecular formula is C11H7Br2NO. The molecule has 1 N–H and O–H groups in total. The molecule has 0 aliphatic heterocycles. The summed E-state index contributed by atoms with van der Waals surface area (Å²) in [5, 5.41) is 9.87. The minimum Gasteiger partial charge on any atom is -0.506 e. The molecule has 15 heavy (non-hydrogen) atoms. The van der Waals surface area contributed by atoms with Crippen molar-refractivity contribution < 1.29 is 5.11 Å². The van der Waals surface area contributed by atoms with Gasteiger partial charge in [-0.15, -0.1) is 0 Å². The molecule has 0 saturated heterocycles. The summed E-state index contributed by atoms with van der Waals surface area (Å²) in [6.07, 6.45) is 1.69. The summed E-state index contributed by atoms with van der Waals surface area (Å²) < 4.78 is 1.52. The fourth-order valence-electron chi connectivity index (χ4n) is 1.29. The Hall–Kier alpha value is -0.870. The van der Waals surface area contributed by atoms with Crippen LogP contribution in [0.4, 0.5) is 0 Å². The van der Waals surface area contributed by atoms with E-state index in [1.165, 1.54) is 0 Å². The van der Waals surface area contributed by atoms with E-state index in [2.05, 4.69) is 36.8 Å². The number of phenols is 1. The van der Waals surface area contributed by atoms with Gasteiger partial charge in [-0.05, 0) is 56.1 Å². The van der Waals surface area contributed by atoms with E-state index in [0.29, 0.717) is 10.0 Å². The van der Waals surface area contributed by atoms with Crippen molar-refractivity contribution in [3.05, 3.63) is 45.5 Å². The number of benzene rings is 1. The Morgan fingerprint density at radius 1 is 1.00 bits per heavy atom. The second-order valence-electron chi connectivity index (χ2n) is 2.97. The van der Waals surface area contributed by atoms with E-state index in [9.17, 15) is 5.11 Å². The predicted octanol–water partition coefficient (Wildman–Crippen LogP) is 3.98. The molecule has 0 amide bonds. The molecule has 0 atom stereocenters. The third-order valence-electron chi connectivity index (χ3n) is 2.00. The van der Waals surface area contributed by atoms with Crippen LogP contribution >= 0.6 is 31.9 Å². The largest absolute Gasteiger partial charge is 0.506 e. The van der Waals surface area contributed by atoms with Crippen molar-refractivity contribution in [1.29, 1.82) is 0 Å². The first-order valence-electron chi connectivity index (χ1n) is 4.28. The van der Waals surface area contributed by atoms with E-state index < -0.39 is 0 Å². The Labute approximate surface area is 104 Å². The summed E-state index contributed by atoms with van der Waals surface area (Å²) in [6.45, 7) is 0. The Kier molecular flexibility index (Phi) is 3.07. The number of phenolic OH excluding ortho intramolecular Hbond substituents is 1. The molecular weight excluding hydrogens is 322 g/mol. The fourth-order valence-corrected chi connectivity index (χ4v) is 2.13. The summed E-state index contributed by atoms with van der Waals surface area (Å²) in [6, 6.07) is 9.20. The summed E-state index contributed by atoms with van der Waals surface area (Å²) in [7, 11) is 0. The van der Waals surface area contributed by atoms with Crippen LogP contribution in [0.25, 0.3) is 11.3 Å². The first-order valence-corrected chi connectivity index (χ1v) is 5.87. The topological polar surface area (TPSA) is 33.1 Å². The molecule has 1 heterocycles. The van der Waals surface area contributed by atoms with Crippen LogP contribution in [0.5, 0.6) is 5.75 Å². The van der Waals surface area contributed by atoms with Gasteiger partial charge in [0.2, 0.25) is 0 Å². The molecule has 2 nitrogen and oxygen atoms in total. The lowest BCUT2D eigenvalue weighted by atomic mass is 10.1. The highest BCUT2D eigenvalue weighted by Gasteiger charge is 2.10. The summed E-state index contributed by atoms with van der Waals surface area (Å²) in [5.41, 5.74) is 1.44. The van der Waals surface area contributed by atoms with E-state index in [1.807, 2.05) is 24.3 Å². The number of para-hydroxylation sites is 1. The quantitative estimate of drug-likeness (QED) is 0.859. The Morgan fingerprint density at radius 3 is 2.47 bits per heavy atom. The second kappa shape index (κ2) is 4.33. The van der Waals surface area contributed by atoms with Crippen molar-refractivity contribution in [2.75, 3.05) is 0 Å². The molecule has 0 aliphatic rings. The van der Waals surface area contributed by atoms with Gasteiger partial charge in [0.1, 0.15) is 5.75 Å². The molecule has 1 aromatic heterocycles. The summed E-state index contributed by atoms with van der Waals surface area (Å²) >= 11 is 6.68. The Morgan fingerprint density at radius 2 is 1.73 bits per heavy atom. The third-order valence-corrected chi connectivity index (χ3v) is 3.28. The highest BCUT2D eigenvalue weighted by Crippen LogP contribution is 2.36. The van der Waals surface area contributed by atoms with E-state index in [-0.39, 0.29) is 5.75 Å². The normalized spacial score (nSPS) is 10.3. The summed E-state index contributed by atoms with van der Waals surface area (Å²) in [4.78, 5) is 4.22. The number of nitrogens with zero attached hydrogens (tertiary/aromatic N) is 1. The predicted molar refractivity (Wildman–Crippen MR) is 66.7 cm³/mol. The molecule has 0 bridgehead atoms. The Balaban J connectivity index is 2.65. The number of hydrogen-bond donors (Lipinski definition) is 1. The van der Waals surface area contributed by atoms with Gasteiger partial charge in [0.25, 0.3) is 0 Å². The summed E-state index contributed by atoms with van der Waals surface area (Å²) in [5.74, 6) is 0.205. The number of hydrogen-bond acceptors (Lipinski definition) is 2. The fraction of sp³-hybridized carbons (Fsp3) is 0. The van der Waals surface area contributed by atoms with Gasteiger partial charge in [0, 0.05) is 16.2 Å². The maximum atomic E-state index is 9.87. The van der Waals surface area contributed by atoms with Gasteiger partial charge < -0.3 is 5.11 Å². The van der Waals surface area contributed by atoms with E-state index in [4.69, 9.17) is 0 Å². The lowest BCUT2D eigenvalue weighted by molar-refractivity contribution is 0.473. The maximum Gasteiger partial charge on any atom is 0.139 e. The van der Waals surface area contributed by atoms with E-state index >= 15 is 0 Å². The highest BCUT2D eigenvalue weighted by molar-refractivity contribution is 9.11. The molecule has 0 aliphatic carbocycles. The number of halogens is 2. The molecule has 1 aromatic carbocycles. The van der Waals surface area contributed by atoms with Crippen LogP contribution in [-0.2, 0) is 0 Å². The van der Waals surface area contributed by atoms with Gasteiger partial charge in [0.15, 0.2) is 0 Å². The number of aromatic nitrogens is 1. The molecule has 4 heteroatoms. The minimum absolute atomic E-state index is 0.205. The molecule has 0 unspecified atom stereocenters. The molecule has 2 aromatic rings. The van der Waals surface area contributed by atoms with Gasteiger partial charge >= 0.3 is 0 Å². The second-order valence-corrected chi connectivity index (χ2v) is 4.68. The molecule has 0 radical (unpaired) electrons. The van der Waals surface area contributed by atoms with Crippen LogP contribution in [-0.4, -0.2) is 10.1 Å². The SMILES string of the molecule is Oc1c(Br)cccc1-c1ncccc1Br. The maximum absolute atomic E-state index is 9.87. The van der Waals surface area contributed by atoms with Crippen LogP contribution in [0.2, 0.25) is 0 Å². The van der Waals surface area contributed by atoms with Gasteiger partial charge in [-0.25, -0.2) is 0 Å². The lowest BCUT2D eigenvalue weighted by Crippen LogP contribution is -1.85. The molecule has 0 spiro atoms.